The summed E-state index contributed by atoms with van der Waals surface area (Å²) in [6.07, 6.45) is 4.33. The molecule has 2 aromatic rings. The number of ether oxygens (including phenoxy) is 1. The van der Waals surface area contributed by atoms with E-state index in [-0.39, 0.29) is 11.3 Å². The highest BCUT2D eigenvalue weighted by Gasteiger charge is 2.44. The third-order valence-electron chi connectivity index (χ3n) is 6.66. The first-order valence-corrected chi connectivity index (χ1v) is 11.0. The van der Waals surface area contributed by atoms with Crippen LogP contribution in [0.4, 0.5) is 5.82 Å². The summed E-state index contributed by atoms with van der Waals surface area (Å²) >= 11 is 6.58. The number of aromatic nitrogens is 2. The minimum Gasteiger partial charge on any atom is -0.378 e. The molecule has 154 valence electrons. The van der Waals surface area contributed by atoms with Gasteiger partial charge in [0.2, 0.25) is 5.91 Å². The minimum atomic E-state index is -0.0947. The number of halogens is 1. The van der Waals surface area contributed by atoms with Gasteiger partial charge in [-0.1, -0.05) is 36.2 Å². The molecule has 1 aromatic carbocycles. The van der Waals surface area contributed by atoms with Crippen LogP contribution in [-0.4, -0.2) is 60.0 Å². The van der Waals surface area contributed by atoms with Crippen molar-refractivity contribution < 1.29 is 9.53 Å². The highest BCUT2D eigenvalue weighted by molar-refractivity contribution is 6.31. The molecule has 29 heavy (non-hydrogen) atoms. The number of hydrogen-bond acceptors (Lipinski definition) is 4. The topological polar surface area (TPSA) is 50.6 Å². The lowest BCUT2D eigenvalue weighted by molar-refractivity contribution is -0.133. The predicted molar refractivity (Wildman–Crippen MR) is 113 cm³/mol. The Morgan fingerprint density at radius 3 is 2.62 bits per heavy atom. The number of fused-ring (bicyclic) bond motifs is 1. The van der Waals surface area contributed by atoms with Crippen molar-refractivity contribution in [1.29, 1.82) is 0 Å². The zero-order chi connectivity index (χ0) is 19.8. The number of carbonyl (C=O) groups is 1. The summed E-state index contributed by atoms with van der Waals surface area (Å²) in [6, 6.07) is 10.4. The van der Waals surface area contributed by atoms with E-state index in [2.05, 4.69) is 27.8 Å². The molecule has 0 bridgehead atoms. The SMILES string of the molecule is O=C(CN1CCCn2nc(C3(c4ccccc4Cl)CCC3)cc21)N1CCOCC1. The average molecular weight is 415 g/mol. The first-order valence-electron chi connectivity index (χ1n) is 10.6. The summed E-state index contributed by atoms with van der Waals surface area (Å²) in [4.78, 5) is 16.9. The Labute approximate surface area is 176 Å². The number of benzene rings is 1. The molecule has 2 aliphatic heterocycles. The van der Waals surface area contributed by atoms with Crippen molar-refractivity contribution >= 4 is 23.3 Å². The van der Waals surface area contributed by atoms with E-state index < -0.39 is 0 Å². The summed E-state index contributed by atoms with van der Waals surface area (Å²) in [5, 5.41) is 5.82. The van der Waals surface area contributed by atoms with Gasteiger partial charge >= 0.3 is 0 Å². The highest BCUT2D eigenvalue weighted by Crippen LogP contribution is 2.51. The second kappa shape index (κ2) is 7.65. The average Bonchev–Trinajstić information content (AvgIpc) is 3.14. The van der Waals surface area contributed by atoms with Crippen LogP contribution in [0.15, 0.2) is 30.3 Å². The largest absolute Gasteiger partial charge is 0.378 e. The van der Waals surface area contributed by atoms with Gasteiger partial charge < -0.3 is 14.5 Å². The monoisotopic (exact) mass is 414 g/mol. The molecule has 0 atom stereocenters. The molecule has 1 saturated carbocycles. The highest BCUT2D eigenvalue weighted by atomic mass is 35.5. The van der Waals surface area contributed by atoms with Crippen molar-refractivity contribution in [2.45, 2.75) is 37.6 Å². The van der Waals surface area contributed by atoms with Crippen LogP contribution in [0.1, 0.15) is 36.9 Å². The number of anilines is 1. The lowest BCUT2D eigenvalue weighted by Crippen LogP contribution is -2.47. The Bertz CT molecular complexity index is 902. The molecule has 5 rings (SSSR count). The number of aryl methyl sites for hydroxylation is 1. The van der Waals surface area contributed by atoms with Crippen LogP contribution in [0.2, 0.25) is 5.02 Å². The third kappa shape index (κ3) is 3.32. The zero-order valence-electron chi connectivity index (χ0n) is 16.6. The molecule has 1 amide bonds. The van der Waals surface area contributed by atoms with Crippen LogP contribution < -0.4 is 4.90 Å². The van der Waals surface area contributed by atoms with Crippen molar-refractivity contribution in [3.05, 3.63) is 46.6 Å². The van der Waals surface area contributed by atoms with Crippen LogP contribution in [0.5, 0.6) is 0 Å². The lowest BCUT2D eigenvalue weighted by Gasteiger charge is -2.41. The summed E-state index contributed by atoms with van der Waals surface area (Å²) in [5.41, 5.74) is 2.18. The summed E-state index contributed by atoms with van der Waals surface area (Å²) in [7, 11) is 0. The van der Waals surface area contributed by atoms with Crippen LogP contribution >= 0.6 is 11.6 Å². The summed E-state index contributed by atoms with van der Waals surface area (Å²) in [6.45, 7) is 4.84. The van der Waals surface area contributed by atoms with E-state index in [1.165, 1.54) is 12.0 Å². The van der Waals surface area contributed by atoms with Crippen LogP contribution in [0, 0.1) is 0 Å². The molecule has 6 nitrogen and oxygen atoms in total. The van der Waals surface area contributed by atoms with E-state index in [1.807, 2.05) is 17.0 Å². The standard InChI is InChI=1S/C22H27ClN4O2/c23-18-6-2-1-5-17(18)22(7-3-8-22)19-15-20-26(9-4-10-27(20)24-19)16-21(28)25-11-13-29-14-12-25/h1-2,5-6,15H,3-4,7-14,16H2. The number of rotatable bonds is 4. The van der Waals surface area contributed by atoms with Crippen LogP contribution in [0.25, 0.3) is 0 Å². The van der Waals surface area contributed by atoms with E-state index in [9.17, 15) is 4.79 Å². The fourth-order valence-corrected chi connectivity index (χ4v) is 5.18. The van der Waals surface area contributed by atoms with Gasteiger partial charge in [-0.2, -0.15) is 5.10 Å². The molecule has 7 heteroatoms. The van der Waals surface area contributed by atoms with Gasteiger partial charge in [0.25, 0.3) is 0 Å². The van der Waals surface area contributed by atoms with Crippen LogP contribution in [-0.2, 0) is 21.5 Å². The van der Waals surface area contributed by atoms with E-state index in [4.69, 9.17) is 21.4 Å². The maximum Gasteiger partial charge on any atom is 0.242 e. The smallest absolute Gasteiger partial charge is 0.242 e. The maximum absolute atomic E-state index is 12.8. The normalized spacial score (nSPS) is 20.9. The van der Waals surface area contributed by atoms with Gasteiger partial charge in [-0.15, -0.1) is 0 Å². The molecule has 0 radical (unpaired) electrons. The molecule has 0 unspecified atom stereocenters. The van der Waals surface area contributed by atoms with Gasteiger partial charge in [-0.05, 0) is 30.9 Å². The molecule has 1 aromatic heterocycles. The van der Waals surface area contributed by atoms with E-state index in [0.717, 1.165) is 48.9 Å². The molecule has 0 spiro atoms. The van der Waals surface area contributed by atoms with Gasteiger partial charge in [0, 0.05) is 42.7 Å². The molecule has 2 fully saturated rings. The van der Waals surface area contributed by atoms with Gasteiger partial charge in [-0.3, -0.25) is 4.79 Å². The van der Waals surface area contributed by atoms with E-state index in [0.29, 0.717) is 32.8 Å². The van der Waals surface area contributed by atoms with Gasteiger partial charge in [0.05, 0.1) is 25.5 Å². The Morgan fingerprint density at radius 1 is 1.10 bits per heavy atom. The Morgan fingerprint density at radius 2 is 1.90 bits per heavy atom. The first kappa shape index (κ1) is 18.9. The quantitative estimate of drug-likeness (QED) is 0.771. The first-order chi connectivity index (χ1) is 14.2. The second-order valence-corrected chi connectivity index (χ2v) is 8.70. The fraction of sp³-hybridized carbons (Fsp3) is 0.545. The number of hydrogen-bond donors (Lipinski definition) is 0. The molecule has 3 aliphatic rings. The van der Waals surface area contributed by atoms with Crippen molar-refractivity contribution in [2.24, 2.45) is 0 Å². The fourth-order valence-electron chi connectivity index (χ4n) is 4.86. The Hall–Kier alpha value is -2.05. The Balaban J connectivity index is 1.42. The van der Waals surface area contributed by atoms with Gasteiger partial charge in [0.15, 0.2) is 0 Å². The predicted octanol–water partition coefficient (Wildman–Crippen LogP) is 3.08. The van der Waals surface area contributed by atoms with Crippen molar-refractivity contribution in [2.75, 3.05) is 44.3 Å². The maximum atomic E-state index is 12.8. The van der Waals surface area contributed by atoms with Crippen molar-refractivity contribution in [3.63, 3.8) is 0 Å². The van der Waals surface area contributed by atoms with E-state index >= 15 is 0 Å². The summed E-state index contributed by atoms with van der Waals surface area (Å²) < 4.78 is 7.46. The molecule has 1 saturated heterocycles. The van der Waals surface area contributed by atoms with Crippen LogP contribution in [0.3, 0.4) is 0 Å². The lowest BCUT2D eigenvalue weighted by atomic mass is 9.62. The van der Waals surface area contributed by atoms with Crippen molar-refractivity contribution in [1.82, 2.24) is 14.7 Å². The van der Waals surface area contributed by atoms with E-state index in [1.54, 1.807) is 0 Å². The number of amides is 1. The minimum absolute atomic E-state index is 0.0947. The Kier molecular flexibility index (Phi) is 5.00. The van der Waals surface area contributed by atoms with Crippen molar-refractivity contribution in [3.8, 4) is 0 Å². The van der Waals surface area contributed by atoms with Gasteiger partial charge in [0.1, 0.15) is 5.82 Å². The zero-order valence-corrected chi connectivity index (χ0v) is 17.4. The molecule has 0 N–H and O–H groups in total. The number of nitrogens with zero attached hydrogens (tertiary/aromatic N) is 4. The number of carbonyl (C=O) groups excluding carboxylic acids is 1. The molecule has 3 heterocycles. The van der Waals surface area contributed by atoms with Gasteiger partial charge in [-0.25, -0.2) is 4.68 Å². The molecular weight excluding hydrogens is 388 g/mol. The molecular formula is C22H27ClN4O2. The number of morpholine rings is 1. The summed E-state index contributed by atoms with van der Waals surface area (Å²) in [5.74, 6) is 1.24. The third-order valence-corrected chi connectivity index (χ3v) is 6.99. The molecule has 1 aliphatic carbocycles. The second-order valence-electron chi connectivity index (χ2n) is 8.29.